The molecule has 0 radical (unpaired) electrons. The van der Waals surface area contributed by atoms with Crippen molar-refractivity contribution in [1.29, 1.82) is 0 Å². The maximum absolute atomic E-state index is 11.5. The summed E-state index contributed by atoms with van der Waals surface area (Å²) in [5.41, 5.74) is 0.373. The number of rotatable bonds is 8. The first-order chi connectivity index (χ1) is 8.90. The first-order valence-corrected chi connectivity index (χ1v) is 7.78. The summed E-state index contributed by atoms with van der Waals surface area (Å²) >= 11 is 0. The number of ether oxygens (including phenoxy) is 1. The summed E-state index contributed by atoms with van der Waals surface area (Å²) in [5.74, 6) is 0.00436. The quantitative estimate of drug-likeness (QED) is 0.536. The van der Waals surface area contributed by atoms with Crippen LogP contribution < -0.4 is 5.32 Å². The summed E-state index contributed by atoms with van der Waals surface area (Å²) in [6.45, 7) is 17.0. The van der Waals surface area contributed by atoms with Crippen LogP contribution in [-0.4, -0.2) is 25.7 Å². The van der Waals surface area contributed by atoms with Gasteiger partial charge in [0.25, 0.3) is 0 Å². The van der Waals surface area contributed by atoms with E-state index in [1.807, 2.05) is 27.7 Å². The zero-order valence-electron chi connectivity index (χ0n) is 14.1. The molecule has 0 aliphatic rings. The maximum Gasteiger partial charge on any atom is 0.308 e. The average Bonchev–Trinajstić information content (AvgIpc) is 2.35. The molecule has 1 N–H and O–H groups in total. The van der Waals surface area contributed by atoms with Crippen molar-refractivity contribution in [3.8, 4) is 0 Å². The van der Waals surface area contributed by atoms with E-state index in [2.05, 4.69) is 26.1 Å². The van der Waals surface area contributed by atoms with Crippen LogP contribution in [0.25, 0.3) is 0 Å². The highest BCUT2D eigenvalue weighted by Gasteiger charge is 2.17. The second kappa shape index (κ2) is 12.5. The molecule has 0 aromatic rings. The lowest BCUT2D eigenvalue weighted by atomic mass is 9.92. The van der Waals surface area contributed by atoms with Crippen molar-refractivity contribution >= 4 is 5.97 Å². The van der Waals surface area contributed by atoms with Crippen molar-refractivity contribution in [3.05, 3.63) is 0 Å². The van der Waals surface area contributed by atoms with Gasteiger partial charge >= 0.3 is 5.97 Å². The lowest BCUT2D eigenvalue weighted by Crippen LogP contribution is -2.26. The van der Waals surface area contributed by atoms with Crippen molar-refractivity contribution in [3.63, 3.8) is 0 Å². The van der Waals surface area contributed by atoms with Gasteiger partial charge in [-0.1, -0.05) is 41.5 Å². The second-order valence-electron chi connectivity index (χ2n) is 5.71. The zero-order chi connectivity index (χ0) is 15.3. The summed E-state index contributed by atoms with van der Waals surface area (Å²) < 4.78 is 5.04. The molecule has 0 aromatic heterocycles. The van der Waals surface area contributed by atoms with Crippen LogP contribution in [0.1, 0.15) is 67.7 Å². The number of hydrogen-bond donors (Lipinski definition) is 1. The van der Waals surface area contributed by atoms with Gasteiger partial charge in [-0.3, -0.25) is 4.79 Å². The zero-order valence-corrected chi connectivity index (χ0v) is 14.1. The fraction of sp³-hybridized carbons (Fsp3) is 0.938. The molecule has 0 amide bonds. The molecule has 0 bridgehead atoms. The molecule has 1 unspecified atom stereocenters. The third kappa shape index (κ3) is 13.7. The van der Waals surface area contributed by atoms with E-state index < -0.39 is 0 Å². The van der Waals surface area contributed by atoms with Crippen LogP contribution in [0, 0.1) is 11.3 Å². The van der Waals surface area contributed by atoms with Crippen LogP contribution in [0.5, 0.6) is 0 Å². The second-order valence-corrected chi connectivity index (χ2v) is 5.71. The van der Waals surface area contributed by atoms with Gasteiger partial charge in [-0.2, -0.15) is 0 Å². The van der Waals surface area contributed by atoms with E-state index in [0.717, 1.165) is 32.4 Å². The Morgan fingerprint density at radius 3 is 2.16 bits per heavy atom. The van der Waals surface area contributed by atoms with E-state index >= 15 is 0 Å². The van der Waals surface area contributed by atoms with E-state index in [0.29, 0.717) is 12.0 Å². The van der Waals surface area contributed by atoms with Crippen LogP contribution in [0.3, 0.4) is 0 Å². The fourth-order valence-electron chi connectivity index (χ4n) is 1.61. The lowest BCUT2D eigenvalue weighted by Gasteiger charge is -2.19. The Labute approximate surface area is 120 Å². The number of carbonyl (C=O) groups excluding carboxylic acids is 1. The minimum absolute atomic E-state index is 0.0485. The van der Waals surface area contributed by atoms with E-state index in [1.165, 1.54) is 0 Å². The largest absolute Gasteiger partial charge is 0.466 e. The minimum atomic E-state index is -0.0485. The van der Waals surface area contributed by atoms with Crippen LogP contribution >= 0.6 is 0 Å². The molecule has 1 atom stereocenters. The van der Waals surface area contributed by atoms with Gasteiger partial charge in [-0.25, -0.2) is 0 Å². The molecule has 0 aliphatic carbocycles. The number of nitrogens with one attached hydrogen (secondary N) is 1. The molecule has 3 heteroatoms. The molecule has 116 valence electrons. The van der Waals surface area contributed by atoms with E-state index in [-0.39, 0.29) is 11.9 Å². The van der Waals surface area contributed by atoms with Crippen LogP contribution in [-0.2, 0) is 9.53 Å². The summed E-state index contributed by atoms with van der Waals surface area (Å²) in [5, 5.41) is 3.40. The highest BCUT2D eigenvalue weighted by Crippen LogP contribution is 2.17. The third-order valence-corrected chi connectivity index (χ3v) is 2.83. The maximum atomic E-state index is 11.5. The van der Waals surface area contributed by atoms with Gasteiger partial charge in [0.15, 0.2) is 0 Å². The molecule has 0 aliphatic heterocycles. The van der Waals surface area contributed by atoms with Crippen LogP contribution in [0.4, 0.5) is 0 Å². The number of esters is 1. The summed E-state index contributed by atoms with van der Waals surface area (Å²) in [6.07, 6.45) is 2.89. The van der Waals surface area contributed by atoms with Gasteiger partial charge in [0, 0.05) is 0 Å². The highest BCUT2D eigenvalue weighted by molar-refractivity contribution is 5.72. The van der Waals surface area contributed by atoms with Crippen molar-refractivity contribution < 1.29 is 9.53 Å². The summed E-state index contributed by atoms with van der Waals surface area (Å²) in [7, 11) is 0. The number of carbonyl (C=O) groups is 1. The van der Waals surface area contributed by atoms with Crippen LogP contribution in [0.15, 0.2) is 0 Å². The molecule has 0 saturated heterocycles. The molecular weight excluding hydrogens is 238 g/mol. The molecule has 0 aromatic carbocycles. The Hall–Kier alpha value is -0.570. The van der Waals surface area contributed by atoms with Gasteiger partial charge < -0.3 is 10.1 Å². The lowest BCUT2D eigenvalue weighted by molar-refractivity contribution is -0.148. The molecule has 19 heavy (non-hydrogen) atoms. The SMILES string of the molecule is CC.CCOC(=O)C(CC)CCNCCC(C)(C)C. The van der Waals surface area contributed by atoms with Gasteiger partial charge in [0.05, 0.1) is 12.5 Å². The predicted octanol–water partition coefficient (Wildman–Crippen LogP) is 4.02. The Balaban J connectivity index is 0. The Kier molecular flexibility index (Phi) is 13.6. The first kappa shape index (κ1) is 20.7. The summed E-state index contributed by atoms with van der Waals surface area (Å²) in [6, 6.07) is 0. The molecular formula is C16H35NO2. The van der Waals surface area contributed by atoms with Crippen molar-refractivity contribution in [2.24, 2.45) is 11.3 Å². The topological polar surface area (TPSA) is 38.3 Å². The standard InChI is InChI=1S/C14H29NO2.C2H6/c1-6-12(13(16)17-7-2)8-10-15-11-9-14(3,4)5;1-2/h12,15H,6-11H2,1-5H3;1-2H3. The van der Waals surface area contributed by atoms with E-state index in [1.54, 1.807) is 0 Å². The van der Waals surface area contributed by atoms with Gasteiger partial charge in [-0.05, 0) is 44.7 Å². The Bertz CT molecular complexity index is 209. The predicted molar refractivity (Wildman–Crippen MR) is 83.3 cm³/mol. The van der Waals surface area contributed by atoms with E-state index in [4.69, 9.17) is 4.74 Å². The number of hydrogen-bond acceptors (Lipinski definition) is 3. The monoisotopic (exact) mass is 273 g/mol. The first-order valence-electron chi connectivity index (χ1n) is 7.78. The molecule has 0 spiro atoms. The highest BCUT2D eigenvalue weighted by atomic mass is 16.5. The Morgan fingerprint density at radius 1 is 1.16 bits per heavy atom. The van der Waals surface area contributed by atoms with Crippen molar-refractivity contribution in [2.75, 3.05) is 19.7 Å². The van der Waals surface area contributed by atoms with E-state index in [9.17, 15) is 4.79 Å². The van der Waals surface area contributed by atoms with Gasteiger partial charge in [0.2, 0.25) is 0 Å². The van der Waals surface area contributed by atoms with Crippen LogP contribution in [0.2, 0.25) is 0 Å². The fourth-order valence-corrected chi connectivity index (χ4v) is 1.61. The molecule has 0 fully saturated rings. The Morgan fingerprint density at radius 2 is 1.74 bits per heavy atom. The molecule has 0 rings (SSSR count). The minimum Gasteiger partial charge on any atom is -0.466 e. The molecule has 0 saturated carbocycles. The molecule has 0 heterocycles. The van der Waals surface area contributed by atoms with Gasteiger partial charge in [0.1, 0.15) is 0 Å². The average molecular weight is 273 g/mol. The van der Waals surface area contributed by atoms with Gasteiger partial charge in [-0.15, -0.1) is 0 Å². The van der Waals surface area contributed by atoms with Crippen molar-refractivity contribution in [2.45, 2.75) is 67.7 Å². The smallest absolute Gasteiger partial charge is 0.308 e. The molecule has 3 nitrogen and oxygen atoms in total. The normalized spacial score (nSPS) is 12.4. The third-order valence-electron chi connectivity index (χ3n) is 2.83. The van der Waals surface area contributed by atoms with Crippen molar-refractivity contribution in [1.82, 2.24) is 5.32 Å². The summed E-state index contributed by atoms with van der Waals surface area (Å²) in [4.78, 5) is 11.5.